The number of ether oxygens (including phenoxy) is 1. The summed E-state index contributed by atoms with van der Waals surface area (Å²) in [6.45, 7) is 1.68. The maximum atomic E-state index is 12.0. The summed E-state index contributed by atoms with van der Waals surface area (Å²) in [6.07, 6.45) is 2.92. The lowest BCUT2D eigenvalue weighted by atomic mass is 10.1. The smallest absolute Gasteiger partial charge is 0.253 e. The summed E-state index contributed by atoms with van der Waals surface area (Å²) in [7, 11) is 7.59. The molecule has 4 aromatic rings. The fourth-order valence-electron chi connectivity index (χ4n) is 3.53. The second-order valence-electron chi connectivity index (χ2n) is 8.73. The van der Waals surface area contributed by atoms with Gasteiger partial charge in [0.1, 0.15) is 5.75 Å². The van der Waals surface area contributed by atoms with Crippen LogP contribution in [-0.2, 0) is 0 Å². The standard InChI is InChI=1S/C28H29N5O2/c1-31(2)18-5-19-35-25-15-13-23(14-16-25)27-30-29-26-17-10-22(20-33(26)27)7-6-21-8-11-24(12-9-21)28(34)32(3)4/h8-17,20H,5,18-19H2,1-4H3. The van der Waals surface area contributed by atoms with Crippen LogP contribution in [-0.4, -0.2) is 71.6 Å². The van der Waals surface area contributed by atoms with Crippen LogP contribution in [0, 0.1) is 11.8 Å². The van der Waals surface area contributed by atoms with E-state index in [1.54, 1.807) is 31.1 Å². The minimum atomic E-state index is -0.0287. The average Bonchev–Trinajstić information content (AvgIpc) is 3.29. The topological polar surface area (TPSA) is 63.0 Å². The zero-order chi connectivity index (χ0) is 24.8. The molecule has 0 atom stereocenters. The molecule has 7 heteroatoms. The Balaban J connectivity index is 1.49. The van der Waals surface area contributed by atoms with E-state index in [0.717, 1.165) is 46.9 Å². The van der Waals surface area contributed by atoms with Gasteiger partial charge in [0.15, 0.2) is 11.5 Å². The Bertz CT molecular complexity index is 1360. The van der Waals surface area contributed by atoms with Crippen LogP contribution in [0.5, 0.6) is 5.75 Å². The maximum absolute atomic E-state index is 12.0. The first-order valence-corrected chi connectivity index (χ1v) is 11.5. The molecule has 35 heavy (non-hydrogen) atoms. The van der Waals surface area contributed by atoms with Gasteiger partial charge in [-0.05, 0) is 81.2 Å². The van der Waals surface area contributed by atoms with Crippen molar-refractivity contribution in [3.05, 3.63) is 83.6 Å². The Morgan fingerprint density at radius 2 is 1.57 bits per heavy atom. The van der Waals surface area contributed by atoms with Gasteiger partial charge in [0, 0.05) is 49.1 Å². The zero-order valence-corrected chi connectivity index (χ0v) is 20.5. The molecule has 0 bridgehead atoms. The highest BCUT2D eigenvalue weighted by Gasteiger charge is 2.09. The third-order valence-corrected chi connectivity index (χ3v) is 5.42. The van der Waals surface area contributed by atoms with E-state index in [2.05, 4.69) is 41.0 Å². The van der Waals surface area contributed by atoms with Crippen molar-refractivity contribution in [2.75, 3.05) is 41.3 Å². The number of nitrogens with zero attached hydrogens (tertiary/aromatic N) is 5. The molecule has 0 unspecified atom stereocenters. The number of aromatic nitrogens is 3. The van der Waals surface area contributed by atoms with Crippen molar-refractivity contribution in [1.29, 1.82) is 0 Å². The lowest BCUT2D eigenvalue weighted by molar-refractivity contribution is 0.0827. The summed E-state index contributed by atoms with van der Waals surface area (Å²) in [5.74, 6) is 7.91. The molecule has 4 rings (SSSR count). The number of hydrogen-bond donors (Lipinski definition) is 0. The largest absolute Gasteiger partial charge is 0.494 e. The molecule has 0 N–H and O–H groups in total. The molecule has 2 aromatic heterocycles. The number of benzene rings is 2. The minimum Gasteiger partial charge on any atom is -0.494 e. The Labute approximate surface area is 206 Å². The summed E-state index contributed by atoms with van der Waals surface area (Å²) in [4.78, 5) is 15.7. The van der Waals surface area contributed by atoms with E-state index in [1.807, 2.05) is 59.1 Å². The van der Waals surface area contributed by atoms with Gasteiger partial charge in [-0.3, -0.25) is 9.20 Å². The quantitative estimate of drug-likeness (QED) is 0.305. The number of rotatable bonds is 7. The molecule has 1 amide bonds. The number of carbonyl (C=O) groups excluding carboxylic acids is 1. The highest BCUT2D eigenvalue weighted by Crippen LogP contribution is 2.22. The molecule has 0 fully saturated rings. The number of hydrogen-bond acceptors (Lipinski definition) is 5. The molecule has 178 valence electrons. The van der Waals surface area contributed by atoms with Crippen LogP contribution >= 0.6 is 0 Å². The van der Waals surface area contributed by atoms with Crippen molar-refractivity contribution in [2.24, 2.45) is 0 Å². The number of pyridine rings is 1. The average molecular weight is 468 g/mol. The Morgan fingerprint density at radius 1 is 0.886 bits per heavy atom. The Kier molecular flexibility index (Phi) is 7.44. The molecule has 0 radical (unpaired) electrons. The van der Waals surface area contributed by atoms with Gasteiger partial charge >= 0.3 is 0 Å². The zero-order valence-electron chi connectivity index (χ0n) is 20.5. The van der Waals surface area contributed by atoms with Crippen LogP contribution in [0.3, 0.4) is 0 Å². The first kappa shape index (κ1) is 24.0. The van der Waals surface area contributed by atoms with Gasteiger partial charge in [-0.25, -0.2) is 0 Å². The van der Waals surface area contributed by atoms with Gasteiger partial charge in [0.2, 0.25) is 0 Å². The van der Waals surface area contributed by atoms with Crippen molar-refractivity contribution in [3.63, 3.8) is 0 Å². The summed E-state index contributed by atoms with van der Waals surface area (Å²) >= 11 is 0. The van der Waals surface area contributed by atoms with Crippen LogP contribution in [0.4, 0.5) is 0 Å². The molecule has 7 nitrogen and oxygen atoms in total. The van der Waals surface area contributed by atoms with Crippen molar-refractivity contribution >= 4 is 11.6 Å². The summed E-state index contributed by atoms with van der Waals surface area (Å²) in [5, 5.41) is 8.66. The van der Waals surface area contributed by atoms with Crippen LogP contribution < -0.4 is 4.74 Å². The van der Waals surface area contributed by atoms with Crippen LogP contribution in [0.15, 0.2) is 66.9 Å². The SMILES string of the molecule is CN(C)CCCOc1ccc(-c2nnc3ccc(C#Cc4ccc(C(=O)N(C)C)cc4)cn23)cc1. The molecule has 0 spiro atoms. The fourth-order valence-corrected chi connectivity index (χ4v) is 3.53. The van der Waals surface area contributed by atoms with E-state index in [9.17, 15) is 4.79 Å². The Hall–Kier alpha value is -4.15. The fraction of sp³-hybridized carbons (Fsp3) is 0.250. The van der Waals surface area contributed by atoms with E-state index >= 15 is 0 Å². The van der Waals surface area contributed by atoms with Crippen molar-refractivity contribution in [1.82, 2.24) is 24.4 Å². The van der Waals surface area contributed by atoms with Gasteiger partial charge in [0.05, 0.1) is 6.61 Å². The maximum Gasteiger partial charge on any atom is 0.253 e. The van der Waals surface area contributed by atoms with Crippen molar-refractivity contribution in [3.8, 4) is 29.0 Å². The molecule has 0 aliphatic rings. The predicted octanol–water partition coefficient (Wildman–Crippen LogP) is 3.83. The second kappa shape index (κ2) is 10.9. The highest BCUT2D eigenvalue weighted by molar-refractivity contribution is 5.93. The summed E-state index contributed by atoms with van der Waals surface area (Å²) in [5.41, 5.74) is 4.02. The molecule has 0 saturated heterocycles. The highest BCUT2D eigenvalue weighted by atomic mass is 16.5. The molecule has 2 heterocycles. The Morgan fingerprint density at radius 3 is 2.26 bits per heavy atom. The molecule has 0 aliphatic heterocycles. The van der Waals surface area contributed by atoms with Gasteiger partial charge < -0.3 is 14.5 Å². The number of amides is 1. The van der Waals surface area contributed by atoms with Gasteiger partial charge in [-0.1, -0.05) is 11.8 Å². The normalized spacial score (nSPS) is 10.8. The van der Waals surface area contributed by atoms with Crippen LogP contribution in [0.2, 0.25) is 0 Å². The lowest BCUT2D eigenvalue weighted by Gasteiger charge is -2.10. The first-order chi connectivity index (χ1) is 16.9. The first-order valence-electron chi connectivity index (χ1n) is 11.5. The second-order valence-corrected chi connectivity index (χ2v) is 8.73. The summed E-state index contributed by atoms with van der Waals surface area (Å²) in [6, 6.07) is 19.0. The van der Waals surface area contributed by atoms with Gasteiger partial charge in [0.25, 0.3) is 5.91 Å². The monoisotopic (exact) mass is 467 g/mol. The van der Waals surface area contributed by atoms with E-state index < -0.39 is 0 Å². The van der Waals surface area contributed by atoms with Gasteiger partial charge in [-0.2, -0.15) is 0 Å². The molecule has 2 aromatic carbocycles. The molecule has 0 aliphatic carbocycles. The number of carbonyl (C=O) groups is 1. The predicted molar refractivity (Wildman–Crippen MR) is 138 cm³/mol. The van der Waals surface area contributed by atoms with E-state index in [0.29, 0.717) is 12.2 Å². The molecular formula is C28H29N5O2. The number of fused-ring (bicyclic) bond motifs is 1. The third-order valence-electron chi connectivity index (χ3n) is 5.42. The van der Waals surface area contributed by atoms with Gasteiger partial charge in [-0.15, -0.1) is 10.2 Å². The minimum absolute atomic E-state index is 0.0287. The van der Waals surface area contributed by atoms with E-state index in [-0.39, 0.29) is 5.91 Å². The van der Waals surface area contributed by atoms with Crippen LogP contribution in [0.1, 0.15) is 27.9 Å². The molecule has 0 saturated carbocycles. The lowest BCUT2D eigenvalue weighted by Crippen LogP contribution is -2.21. The van der Waals surface area contributed by atoms with E-state index in [1.165, 1.54) is 0 Å². The van der Waals surface area contributed by atoms with Crippen molar-refractivity contribution < 1.29 is 9.53 Å². The van der Waals surface area contributed by atoms with E-state index in [4.69, 9.17) is 4.74 Å². The third kappa shape index (κ3) is 6.05. The van der Waals surface area contributed by atoms with Crippen LogP contribution in [0.25, 0.3) is 17.0 Å². The molecular weight excluding hydrogens is 438 g/mol. The van der Waals surface area contributed by atoms with Crippen molar-refractivity contribution in [2.45, 2.75) is 6.42 Å². The summed E-state index contributed by atoms with van der Waals surface area (Å²) < 4.78 is 7.77.